The Labute approximate surface area is 107 Å². The molecular formula is C9H17O2SY+2. The van der Waals surface area contributed by atoms with Crippen molar-refractivity contribution in [2.45, 2.75) is 37.4 Å². The van der Waals surface area contributed by atoms with Gasteiger partial charge in [0.05, 0.1) is 4.75 Å². The van der Waals surface area contributed by atoms with Crippen LogP contribution in [0.5, 0.6) is 0 Å². The summed E-state index contributed by atoms with van der Waals surface area (Å²) >= 11 is 0. The molecule has 0 heterocycles. The molecule has 0 radical (unpaired) electrons. The van der Waals surface area contributed by atoms with E-state index in [1.54, 1.807) is 0 Å². The average Bonchev–Trinajstić information content (AvgIpc) is 1.93. The first kappa shape index (κ1) is 14.1. The minimum Gasteiger partial charge on any atom is -0.340 e. The fraction of sp³-hybridized carbons (Fsp3) is 0.889. The second-order valence-electron chi connectivity index (χ2n) is 4.17. The van der Waals surface area contributed by atoms with Gasteiger partial charge < -0.3 is 6.92 Å². The fourth-order valence-electron chi connectivity index (χ4n) is 1.66. The van der Waals surface area contributed by atoms with Crippen LogP contribution in [-0.4, -0.2) is 19.4 Å². The van der Waals surface area contributed by atoms with Gasteiger partial charge in [0, 0.05) is 6.26 Å². The molecule has 0 N–H and O–H groups in total. The van der Waals surface area contributed by atoms with Gasteiger partial charge in [-0.15, -0.1) is 0 Å². The van der Waals surface area contributed by atoms with Gasteiger partial charge in [-0.25, -0.2) is 8.42 Å². The van der Waals surface area contributed by atoms with Crippen molar-refractivity contribution in [2.75, 3.05) is 6.26 Å². The molecule has 2 nitrogen and oxygen atoms in total. The second kappa shape index (κ2) is 4.72. The van der Waals surface area contributed by atoms with E-state index in [1.807, 2.05) is 6.92 Å². The van der Waals surface area contributed by atoms with Crippen molar-refractivity contribution in [1.29, 1.82) is 0 Å². The third-order valence-electron chi connectivity index (χ3n) is 3.06. The van der Waals surface area contributed by atoms with Gasteiger partial charge in [0.25, 0.3) is 0 Å². The Bertz CT molecular complexity index is 251. The first-order valence-electron chi connectivity index (χ1n) is 4.38. The molecule has 0 aromatic carbocycles. The molecular weight excluding hydrogens is 261 g/mol. The maximum absolute atomic E-state index is 11.4. The van der Waals surface area contributed by atoms with E-state index in [0.29, 0.717) is 5.92 Å². The zero-order valence-electron chi connectivity index (χ0n) is 8.41. The van der Waals surface area contributed by atoms with Gasteiger partial charge in [0.1, 0.15) is 0 Å². The van der Waals surface area contributed by atoms with E-state index in [1.165, 1.54) is 6.26 Å². The molecule has 1 aliphatic carbocycles. The van der Waals surface area contributed by atoms with Crippen molar-refractivity contribution in [2.24, 2.45) is 5.92 Å². The van der Waals surface area contributed by atoms with Gasteiger partial charge in [0.2, 0.25) is 0 Å². The summed E-state index contributed by atoms with van der Waals surface area (Å²) in [7, 11) is -2.88. The number of sulfone groups is 1. The molecule has 72 valence electrons. The van der Waals surface area contributed by atoms with E-state index in [2.05, 4.69) is 6.92 Å². The number of rotatable bonds is 1. The summed E-state index contributed by atoms with van der Waals surface area (Å²) in [5.74, 6) is 0.458. The summed E-state index contributed by atoms with van der Waals surface area (Å²) in [6, 6.07) is 0. The zero-order chi connectivity index (χ0) is 9.41. The van der Waals surface area contributed by atoms with Crippen LogP contribution in [0, 0.1) is 12.8 Å². The van der Waals surface area contributed by atoms with E-state index in [9.17, 15) is 8.42 Å². The van der Waals surface area contributed by atoms with Gasteiger partial charge in [-0.3, -0.25) is 0 Å². The molecule has 0 spiro atoms. The summed E-state index contributed by atoms with van der Waals surface area (Å²) < 4.78 is 22.3. The monoisotopic (exact) mass is 278 g/mol. The van der Waals surface area contributed by atoms with Crippen LogP contribution in [0.15, 0.2) is 0 Å². The molecule has 1 fully saturated rings. The van der Waals surface area contributed by atoms with Gasteiger partial charge in [-0.1, -0.05) is 12.8 Å². The summed E-state index contributed by atoms with van der Waals surface area (Å²) in [5, 5.41) is 0. The minimum atomic E-state index is -2.88. The van der Waals surface area contributed by atoms with Crippen LogP contribution < -0.4 is 0 Å². The Balaban J connectivity index is 0.00000144. The average molecular weight is 278 g/mol. The fourth-order valence-corrected chi connectivity index (χ4v) is 2.64. The van der Waals surface area contributed by atoms with Crippen molar-refractivity contribution in [1.82, 2.24) is 0 Å². The Hall–Kier alpha value is 1.05. The molecule has 0 bridgehead atoms. The van der Waals surface area contributed by atoms with Gasteiger partial charge in [0.15, 0.2) is 9.84 Å². The van der Waals surface area contributed by atoms with E-state index in [0.717, 1.165) is 25.7 Å². The number of hydrogen-bond acceptors (Lipinski definition) is 2. The molecule has 0 aromatic heterocycles. The van der Waals surface area contributed by atoms with Crippen LogP contribution in [0.4, 0.5) is 0 Å². The molecule has 0 amide bonds. The van der Waals surface area contributed by atoms with E-state index >= 15 is 0 Å². The van der Waals surface area contributed by atoms with Gasteiger partial charge in [-0.2, -0.15) is 5.92 Å². The third-order valence-corrected chi connectivity index (χ3v) is 5.26. The topological polar surface area (TPSA) is 34.1 Å². The summed E-state index contributed by atoms with van der Waals surface area (Å²) in [5.41, 5.74) is 0. The standard InChI is InChI=1S/C9H17O2S.Y/c1-8-4-6-9(2,7-5-8)12(3,10)11;/h8H,1,4-7H2,2-3H3;/q-1;+3. The van der Waals surface area contributed by atoms with Crippen LogP contribution in [-0.2, 0) is 42.5 Å². The van der Waals surface area contributed by atoms with Crippen molar-refractivity contribution < 1.29 is 41.1 Å². The first-order chi connectivity index (χ1) is 5.35. The SMILES string of the molecule is [CH2-]C1CCC(C)(S(C)(=O)=O)CC1.[Y+3]. The Kier molecular flexibility index (Phi) is 5.10. The van der Waals surface area contributed by atoms with Crippen molar-refractivity contribution in [3.8, 4) is 0 Å². The summed E-state index contributed by atoms with van der Waals surface area (Å²) in [6.07, 6.45) is 4.80. The van der Waals surface area contributed by atoms with E-state index in [4.69, 9.17) is 0 Å². The zero-order valence-corrected chi connectivity index (χ0v) is 12.1. The minimum absolute atomic E-state index is 0. The second-order valence-corrected chi connectivity index (χ2v) is 6.70. The normalized spacial score (nSPS) is 35.2. The molecule has 4 heteroatoms. The Morgan fingerprint density at radius 1 is 1.31 bits per heavy atom. The van der Waals surface area contributed by atoms with Crippen LogP contribution in [0.25, 0.3) is 0 Å². The molecule has 0 unspecified atom stereocenters. The molecule has 1 rings (SSSR count). The van der Waals surface area contributed by atoms with Crippen molar-refractivity contribution in [3.05, 3.63) is 6.92 Å². The molecule has 0 aromatic rings. The molecule has 0 atom stereocenters. The molecule has 0 saturated heterocycles. The molecule has 1 aliphatic rings. The van der Waals surface area contributed by atoms with Crippen molar-refractivity contribution >= 4 is 9.84 Å². The molecule has 0 aliphatic heterocycles. The maximum Gasteiger partial charge on any atom is 3.00 e. The van der Waals surface area contributed by atoms with Crippen LogP contribution in [0.2, 0.25) is 0 Å². The first-order valence-corrected chi connectivity index (χ1v) is 6.27. The van der Waals surface area contributed by atoms with Crippen LogP contribution >= 0.6 is 0 Å². The quantitative estimate of drug-likeness (QED) is 0.686. The largest absolute Gasteiger partial charge is 3.00 e. The smallest absolute Gasteiger partial charge is 0.340 e. The van der Waals surface area contributed by atoms with Gasteiger partial charge in [-0.05, 0) is 19.8 Å². The van der Waals surface area contributed by atoms with E-state index in [-0.39, 0.29) is 32.7 Å². The Morgan fingerprint density at radius 3 is 2.00 bits per heavy atom. The summed E-state index contributed by atoms with van der Waals surface area (Å²) in [6.45, 7) is 5.81. The van der Waals surface area contributed by atoms with Crippen LogP contribution in [0.1, 0.15) is 32.6 Å². The molecule has 13 heavy (non-hydrogen) atoms. The van der Waals surface area contributed by atoms with Crippen LogP contribution in [0.3, 0.4) is 0 Å². The molecule has 1 saturated carbocycles. The predicted molar refractivity (Wildman–Crippen MR) is 50.6 cm³/mol. The van der Waals surface area contributed by atoms with Gasteiger partial charge >= 0.3 is 32.7 Å². The number of hydrogen-bond donors (Lipinski definition) is 0. The van der Waals surface area contributed by atoms with E-state index < -0.39 is 14.6 Å². The maximum atomic E-state index is 11.4. The third kappa shape index (κ3) is 3.28. The Morgan fingerprint density at radius 2 is 1.69 bits per heavy atom. The van der Waals surface area contributed by atoms with Crippen molar-refractivity contribution in [3.63, 3.8) is 0 Å². The predicted octanol–water partition coefficient (Wildman–Crippen LogP) is 1.81. The summed E-state index contributed by atoms with van der Waals surface area (Å²) in [4.78, 5) is 0.